The molecule has 0 atom stereocenters. The Balaban J connectivity index is 2.36. The molecular weight excluding hydrogens is 342 g/mol. The van der Waals surface area contributed by atoms with Crippen LogP contribution in [-0.2, 0) is 10.0 Å². The zero-order chi connectivity index (χ0) is 13.3. The summed E-state index contributed by atoms with van der Waals surface area (Å²) < 4.78 is 25.3. The highest BCUT2D eigenvalue weighted by Gasteiger charge is 2.40. The number of amides is 1. The monoisotopic (exact) mass is 351 g/mol. The minimum Gasteiger partial charge on any atom is -0.268 e. The lowest BCUT2D eigenvalue weighted by Gasteiger charge is -2.14. The van der Waals surface area contributed by atoms with Gasteiger partial charge in [0.25, 0.3) is 15.9 Å². The molecule has 1 aromatic carbocycles. The van der Waals surface area contributed by atoms with Crippen molar-refractivity contribution in [3.05, 3.63) is 28.8 Å². The van der Waals surface area contributed by atoms with Crippen LogP contribution in [0.15, 0.2) is 23.1 Å². The predicted molar refractivity (Wildman–Crippen MR) is 72.7 cm³/mol. The van der Waals surface area contributed by atoms with Crippen molar-refractivity contribution >= 4 is 43.5 Å². The molecule has 0 saturated carbocycles. The van der Waals surface area contributed by atoms with Crippen molar-refractivity contribution in [3.63, 3.8) is 0 Å². The average molecular weight is 353 g/mol. The standard InChI is InChI=1S/C11H11BrClNO3S/c12-5-1-2-6-14-11(15)9-4-3-8(13)7-10(9)18(14,16)17/h3-4,7H,1-2,5-6H2. The number of halogens is 2. The first-order valence-corrected chi connectivity index (χ1v) is 8.35. The highest BCUT2D eigenvalue weighted by Crippen LogP contribution is 2.32. The molecule has 0 aromatic heterocycles. The van der Waals surface area contributed by atoms with E-state index in [4.69, 9.17) is 11.6 Å². The number of sulfonamides is 1. The number of hydrogen-bond donors (Lipinski definition) is 0. The molecule has 1 heterocycles. The summed E-state index contributed by atoms with van der Waals surface area (Å²) in [4.78, 5) is 12.0. The Morgan fingerprint density at radius 2 is 2.00 bits per heavy atom. The number of carbonyl (C=O) groups excluding carboxylic acids is 1. The Kier molecular flexibility index (Phi) is 3.99. The van der Waals surface area contributed by atoms with Gasteiger partial charge < -0.3 is 0 Å². The first-order chi connectivity index (χ1) is 8.48. The Hall–Kier alpha value is -0.590. The van der Waals surface area contributed by atoms with Gasteiger partial charge >= 0.3 is 0 Å². The molecule has 1 amide bonds. The zero-order valence-electron chi connectivity index (χ0n) is 9.40. The highest BCUT2D eigenvalue weighted by molar-refractivity contribution is 9.09. The maximum Gasteiger partial charge on any atom is 0.269 e. The zero-order valence-corrected chi connectivity index (χ0v) is 12.6. The summed E-state index contributed by atoms with van der Waals surface area (Å²) in [5.74, 6) is -0.462. The highest BCUT2D eigenvalue weighted by atomic mass is 79.9. The van der Waals surface area contributed by atoms with E-state index >= 15 is 0 Å². The Labute approximate surface area is 119 Å². The van der Waals surface area contributed by atoms with Crippen molar-refractivity contribution in [2.45, 2.75) is 17.7 Å². The molecule has 0 aliphatic carbocycles. The minimum atomic E-state index is -3.71. The summed E-state index contributed by atoms with van der Waals surface area (Å²) in [7, 11) is -3.71. The lowest BCUT2D eigenvalue weighted by molar-refractivity contribution is 0.0870. The summed E-state index contributed by atoms with van der Waals surface area (Å²) in [6.07, 6.45) is 1.45. The van der Waals surface area contributed by atoms with E-state index in [-0.39, 0.29) is 17.0 Å². The van der Waals surface area contributed by atoms with Crippen LogP contribution >= 0.6 is 27.5 Å². The van der Waals surface area contributed by atoms with Gasteiger partial charge in [0.2, 0.25) is 0 Å². The van der Waals surface area contributed by atoms with Crippen LogP contribution < -0.4 is 0 Å². The van der Waals surface area contributed by atoms with Gasteiger partial charge in [-0.05, 0) is 31.0 Å². The SMILES string of the molecule is O=C1c2ccc(Cl)cc2S(=O)(=O)N1CCCCBr. The van der Waals surface area contributed by atoms with E-state index in [1.54, 1.807) is 0 Å². The number of hydrogen-bond acceptors (Lipinski definition) is 3. The maximum absolute atomic E-state index is 12.2. The van der Waals surface area contributed by atoms with Crippen LogP contribution in [0.3, 0.4) is 0 Å². The molecule has 1 aromatic rings. The third kappa shape index (κ3) is 2.29. The molecule has 0 fully saturated rings. The second kappa shape index (κ2) is 5.19. The van der Waals surface area contributed by atoms with E-state index in [2.05, 4.69) is 15.9 Å². The van der Waals surface area contributed by atoms with Crippen molar-refractivity contribution in [3.8, 4) is 0 Å². The van der Waals surface area contributed by atoms with Crippen molar-refractivity contribution < 1.29 is 13.2 Å². The van der Waals surface area contributed by atoms with Crippen molar-refractivity contribution in [2.75, 3.05) is 11.9 Å². The smallest absolute Gasteiger partial charge is 0.268 e. The van der Waals surface area contributed by atoms with E-state index in [0.717, 1.165) is 16.1 Å². The molecule has 2 rings (SSSR count). The summed E-state index contributed by atoms with van der Waals surface area (Å²) in [6, 6.07) is 4.31. The molecule has 0 N–H and O–H groups in total. The number of nitrogens with zero attached hydrogens (tertiary/aromatic N) is 1. The van der Waals surface area contributed by atoms with E-state index in [1.165, 1.54) is 18.2 Å². The van der Waals surface area contributed by atoms with Gasteiger partial charge in [-0.2, -0.15) is 0 Å². The fourth-order valence-electron chi connectivity index (χ4n) is 1.82. The molecule has 7 heteroatoms. The number of benzene rings is 1. The van der Waals surface area contributed by atoms with Crippen LogP contribution in [0.1, 0.15) is 23.2 Å². The molecular formula is C11H11BrClNO3S. The van der Waals surface area contributed by atoms with E-state index in [1.807, 2.05) is 0 Å². The first-order valence-electron chi connectivity index (χ1n) is 5.41. The maximum atomic E-state index is 12.2. The topological polar surface area (TPSA) is 54.5 Å². The second-order valence-corrected chi connectivity index (χ2v) is 6.98. The van der Waals surface area contributed by atoms with Gasteiger partial charge in [0.05, 0.1) is 5.56 Å². The third-order valence-corrected chi connectivity index (χ3v) is 5.33. The fourth-order valence-corrected chi connectivity index (χ4v) is 4.09. The van der Waals surface area contributed by atoms with Gasteiger partial charge in [0, 0.05) is 16.9 Å². The molecule has 0 unspecified atom stereocenters. The van der Waals surface area contributed by atoms with Crippen molar-refractivity contribution in [1.82, 2.24) is 4.31 Å². The van der Waals surface area contributed by atoms with Gasteiger partial charge in [-0.3, -0.25) is 4.79 Å². The summed E-state index contributed by atoms with van der Waals surface area (Å²) in [5.41, 5.74) is 0.207. The number of unbranched alkanes of at least 4 members (excludes halogenated alkanes) is 1. The molecule has 1 aliphatic heterocycles. The van der Waals surface area contributed by atoms with E-state index in [0.29, 0.717) is 11.4 Å². The van der Waals surface area contributed by atoms with Gasteiger partial charge in [-0.1, -0.05) is 27.5 Å². The second-order valence-electron chi connectivity index (χ2n) is 3.92. The summed E-state index contributed by atoms with van der Waals surface area (Å²) in [5, 5.41) is 1.10. The van der Waals surface area contributed by atoms with Crippen LogP contribution in [0.25, 0.3) is 0 Å². The first kappa shape index (κ1) is 13.8. The number of alkyl halides is 1. The van der Waals surface area contributed by atoms with Crippen LogP contribution in [0.5, 0.6) is 0 Å². The van der Waals surface area contributed by atoms with Gasteiger partial charge in [0.15, 0.2) is 0 Å². The third-order valence-electron chi connectivity index (χ3n) is 2.71. The van der Waals surface area contributed by atoms with E-state index in [9.17, 15) is 13.2 Å². The van der Waals surface area contributed by atoms with Gasteiger partial charge in [-0.15, -0.1) is 0 Å². The number of rotatable bonds is 4. The van der Waals surface area contributed by atoms with Crippen LogP contribution in [0, 0.1) is 0 Å². The largest absolute Gasteiger partial charge is 0.269 e. The molecule has 4 nitrogen and oxygen atoms in total. The molecule has 98 valence electrons. The molecule has 18 heavy (non-hydrogen) atoms. The normalized spacial score (nSPS) is 17.0. The summed E-state index contributed by atoms with van der Waals surface area (Å²) in [6.45, 7) is 0.207. The Morgan fingerprint density at radius 1 is 1.28 bits per heavy atom. The lowest BCUT2D eigenvalue weighted by atomic mass is 10.2. The molecule has 0 bridgehead atoms. The Bertz CT molecular complexity index is 588. The average Bonchev–Trinajstić information content (AvgIpc) is 2.50. The quantitative estimate of drug-likeness (QED) is 0.618. The molecule has 1 aliphatic rings. The number of carbonyl (C=O) groups is 1. The van der Waals surface area contributed by atoms with E-state index < -0.39 is 15.9 Å². The van der Waals surface area contributed by atoms with Crippen LogP contribution in [0.4, 0.5) is 0 Å². The van der Waals surface area contributed by atoms with Crippen LogP contribution in [0.2, 0.25) is 5.02 Å². The summed E-state index contributed by atoms with van der Waals surface area (Å²) >= 11 is 9.04. The van der Waals surface area contributed by atoms with Crippen molar-refractivity contribution in [2.24, 2.45) is 0 Å². The fraction of sp³-hybridized carbons (Fsp3) is 0.364. The van der Waals surface area contributed by atoms with Crippen LogP contribution in [-0.4, -0.2) is 30.5 Å². The predicted octanol–water partition coefficient (Wildman–Crippen LogP) is 2.66. The van der Waals surface area contributed by atoms with Gasteiger partial charge in [0.1, 0.15) is 4.90 Å². The molecule has 0 spiro atoms. The van der Waals surface area contributed by atoms with Gasteiger partial charge in [-0.25, -0.2) is 12.7 Å². The lowest BCUT2D eigenvalue weighted by Crippen LogP contribution is -2.31. The number of fused-ring (bicyclic) bond motifs is 1. The molecule has 0 saturated heterocycles. The molecule has 0 radical (unpaired) electrons. The van der Waals surface area contributed by atoms with Crippen molar-refractivity contribution in [1.29, 1.82) is 0 Å². The Morgan fingerprint density at radius 3 is 2.67 bits per heavy atom. The minimum absolute atomic E-state index is 0.0128.